The Labute approximate surface area is 114 Å². The lowest BCUT2D eigenvalue weighted by molar-refractivity contribution is 0.102. The van der Waals surface area contributed by atoms with E-state index < -0.39 is 0 Å². The van der Waals surface area contributed by atoms with Crippen LogP contribution in [0, 0.1) is 6.92 Å². The average Bonchev–Trinajstić information content (AvgIpc) is 3.10. The van der Waals surface area contributed by atoms with Crippen molar-refractivity contribution < 1.29 is 4.79 Å². The van der Waals surface area contributed by atoms with Gasteiger partial charge in [-0.3, -0.25) is 4.79 Å². The lowest BCUT2D eigenvalue weighted by Crippen LogP contribution is -2.11. The Hall–Kier alpha value is -2.96. The molecular formula is C13H12N6O. The molecule has 0 unspecified atom stereocenters. The first-order valence-corrected chi connectivity index (χ1v) is 6.03. The van der Waals surface area contributed by atoms with Crippen LogP contribution in [0.4, 0.5) is 5.69 Å². The molecule has 0 spiro atoms. The van der Waals surface area contributed by atoms with E-state index in [4.69, 9.17) is 0 Å². The zero-order valence-corrected chi connectivity index (χ0v) is 10.7. The Morgan fingerprint density at radius 1 is 1.35 bits per heavy atom. The number of benzene rings is 1. The number of carbonyl (C=O) groups excluding carboxylic acids is 1. The maximum atomic E-state index is 12.0. The number of nitrogens with zero attached hydrogens (tertiary/aromatic N) is 4. The van der Waals surface area contributed by atoms with Gasteiger partial charge in [-0.1, -0.05) is 6.07 Å². The normalized spacial score (nSPS) is 10.4. The third-order valence-corrected chi connectivity index (χ3v) is 2.83. The molecular weight excluding hydrogens is 256 g/mol. The largest absolute Gasteiger partial charge is 0.367 e. The van der Waals surface area contributed by atoms with Crippen LogP contribution in [-0.4, -0.2) is 31.1 Å². The molecule has 1 aromatic carbocycles. The first-order valence-electron chi connectivity index (χ1n) is 6.03. The van der Waals surface area contributed by atoms with Gasteiger partial charge in [-0.05, 0) is 41.6 Å². The molecule has 0 aliphatic heterocycles. The van der Waals surface area contributed by atoms with E-state index in [9.17, 15) is 4.79 Å². The minimum absolute atomic E-state index is 0.170. The summed E-state index contributed by atoms with van der Waals surface area (Å²) in [6, 6.07) is 9.05. The maximum absolute atomic E-state index is 12.0. The summed E-state index contributed by atoms with van der Waals surface area (Å²) in [6.45, 7) is 1.81. The molecule has 0 aliphatic carbocycles. The molecule has 0 bridgehead atoms. The van der Waals surface area contributed by atoms with Gasteiger partial charge in [-0.15, -0.1) is 5.10 Å². The van der Waals surface area contributed by atoms with Gasteiger partial charge in [0.15, 0.2) is 5.82 Å². The summed E-state index contributed by atoms with van der Waals surface area (Å²) >= 11 is 0. The first-order chi connectivity index (χ1) is 9.74. The highest BCUT2D eigenvalue weighted by molar-refractivity contribution is 6.04. The third kappa shape index (κ3) is 2.28. The molecule has 0 fully saturated rings. The highest BCUT2D eigenvalue weighted by Crippen LogP contribution is 2.15. The number of nitrogens with one attached hydrogen (secondary N) is 2. The number of rotatable bonds is 3. The summed E-state index contributed by atoms with van der Waals surface area (Å²) in [5.41, 5.74) is 2.05. The van der Waals surface area contributed by atoms with Crippen molar-refractivity contribution in [1.82, 2.24) is 25.2 Å². The second-order valence-electron chi connectivity index (χ2n) is 4.24. The van der Waals surface area contributed by atoms with Gasteiger partial charge in [0, 0.05) is 18.1 Å². The van der Waals surface area contributed by atoms with Crippen molar-refractivity contribution in [3.63, 3.8) is 0 Å². The average molecular weight is 268 g/mol. The topological polar surface area (TPSA) is 88.5 Å². The number of H-pyrrole nitrogens is 1. The lowest BCUT2D eigenvalue weighted by atomic mass is 10.2. The summed E-state index contributed by atoms with van der Waals surface area (Å²) in [5, 5.41) is 14.2. The van der Waals surface area contributed by atoms with Gasteiger partial charge in [0.2, 0.25) is 0 Å². The van der Waals surface area contributed by atoms with Crippen LogP contribution < -0.4 is 5.32 Å². The molecule has 3 aromatic rings. The molecule has 2 aromatic heterocycles. The van der Waals surface area contributed by atoms with Crippen molar-refractivity contribution in [2.45, 2.75) is 6.92 Å². The number of hydrogen-bond acceptors (Lipinski definition) is 4. The Morgan fingerprint density at radius 3 is 2.95 bits per heavy atom. The highest BCUT2D eigenvalue weighted by atomic mass is 16.1. The van der Waals surface area contributed by atoms with Crippen LogP contribution in [0.25, 0.3) is 5.69 Å². The van der Waals surface area contributed by atoms with Crippen molar-refractivity contribution in [3.05, 3.63) is 54.1 Å². The number of aryl methyl sites for hydroxylation is 1. The van der Waals surface area contributed by atoms with Crippen LogP contribution in [0.15, 0.2) is 42.7 Å². The number of aromatic amines is 1. The second-order valence-corrected chi connectivity index (χ2v) is 4.24. The highest BCUT2D eigenvalue weighted by Gasteiger charge is 2.08. The van der Waals surface area contributed by atoms with Gasteiger partial charge in [0.25, 0.3) is 5.91 Å². The standard InChI is InChI=1S/C13H12N6O/c1-9-16-17-18-19(9)12-4-2-3-11(7-12)15-13(20)10-5-6-14-8-10/h2-8,14H,1H3,(H,15,20). The van der Waals surface area contributed by atoms with Crippen molar-refractivity contribution in [3.8, 4) is 5.69 Å². The molecule has 2 N–H and O–H groups in total. The SMILES string of the molecule is Cc1nnnn1-c1cccc(NC(=O)c2cc[nH]c2)c1. The van der Waals surface area contributed by atoms with Gasteiger partial charge in [0.1, 0.15) is 0 Å². The molecule has 0 saturated carbocycles. The van der Waals surface area contributed by atoms with E-state index >= 15 is 0 Å². The van der Waals surface area contributed by atoms with Crippen molar-refractivity contribution in [1.29, 1.82) is 0 Å². The molecule has 7 heteroatoms. The van der Waals surface area contributed by atoms with E-state index in [2.05, 4.69) is 25.8 Å². The number of anilines is 1. The predicted molar refractivity (Wildman–Crippen MR) is 72.6 cm³/mol. The van der Waals surface area contributed by atoms with E-state index in [1.165, 1.54) is 0 Å². The Kier molecular flexibility index (Phi) is 3.00. The second kappa shape index (κ2) is 4.96. The van der Waals surface area contributed by atoms with E-state index in [-0.39, 0.29) is 5.91 Å². The summed E-state index contributed by atoms with van der Waals surface area (Å²) in [5.74, 6) is 0.510. The molecule has 0 saturated heterocycles. The van der Waals surface area contributed by atoms with E-state index in [1.54, 1.807) is 23.1 Å². The van der Waals surface area contributed by atoms with E-state index in [0.717, 1.165) is 5.69 Å². The summed E-state index contributed by atoms with van der Waals surface area (Å²) in [4.78, 5) is 14.8. The van der Waals surface area contributed by atoms with Gasteiger partial charge in [-0.25, -0.2) is 0 Å². The molecule has 3 rings (SSSR count). The Bertz CT molecular complexity index is 731. The maximum Gasteiger partial charge on any atom is 0.257 e. The lowest BCUT2D eigenvalue weighted by Gasteiger charge is -2.06. The predicted octanol–water partition coefficient (Wildman–Crippen LogP) is 1.55. The van der Waals surface area contributed by atoms with Crippen LogP contribution in [0.3, 0.4) is 0 Å². The monoisotopic (exact) mass is 268 g/mol. The van der Waals surface area contributed by atoms with E-state index in [0.29, 0.717) is 17.1 Å². The number of amides is 1. The fourth-order valence-electron chi connectivity index (χ4n) is 1.85. The molecule has 0 radical (unpaired) electrons. The Morgan fingerprint density at radius 2 is 2.25 bits per heavy atom. The zero-order valence-electron chi connectivity index (χ0n) is 10.7. The molecule has 7 nitrogen and oxygen atoms in total. The fraction of sp³-hybridized carbons (Fsp3) is 0.0769. The number of tetrazole rings is 1. The number of hydrogen-bond donors (Lipinski definition) is 2. The molecule has 0 atom stereocenters. The van der Waals surface area contributed by atoms with Crippen LogP contribution in [0.2, 0.25) is 0 Å². The Balaban J connectivity index is 1.85. The van der Waals surface area contributed by atoms with Crippen LogP contribution in [0.1, 0.15) is 16.2 Å². The molecule has 0 aliphatic rings. The molecule has 1 amide bonds. The quantitative estimate of drug-likeness (QED) is 0.754. The zero-order chi connectivity index (χ0) is 13.9. The molecule has 20 heavy (non-hydrogen) atoms. The summed E-state index contributed by atoms with van der Waals surface area (Å²) in [7, 11) is 0. The minimum Gasteiger partial charge on any atom is -0.367 e. The summed E-state index contributed by atoms with van der Waals surface area (Å²) < 4.78 is 1.60. The van der Waals surface area contributed by atoms with Gasteiger partial charge in [0.05, 0.1) is 11.3 Å². The number of carbonyl (C=O) groups is 1. The third-order valence-electron chi connectivity index (χ3n) is 2.83. The fourth-order valence-corrected chi connectivity index (χ4v) is 1.85. The van der Waals surface area contributed by atoms with E-state index in [1.807, 2.05) is 31.2 Å². The smallest absolute Gasteiger partial charge is 0.257 e. The molecule has 2 heterocycles. The minimum atomic E-state index is -0.170. The van der Waals surface area contributed by atoms with Gasteiger partial charge in [-0.2, -0.15) is 4.68 Å². The summed E-state index contributed by atoms with van der Waals surface area (Å²) in [6.07, 6.45) is 3.35. The van der Waals surface area contributed by atoms with Crippen LogP contribution >= 0.6 is 0 Å². The van der Waals surface area contributed by atoms with Crippen molar-refractivity contribution in [2.24, 2.45) is 0 Å². The van der Waals surface area contributed by atoms with Crippen molar-refractivity contribution >= 4 is 11.6 Å². The van der Waals surface area contributed by atoms with Crippen molar-refractivity contribution in [2.75, 3.05) is 5.32 Å². The number of aromatic nitrogens is 5. The van der Waals surface area contributed by atoms with Gasteiger partial charge >= 0.3 is 0 Å². The van der Waals surface area contributed by atoms with Crippen LogP contribution in [0.5, 0.6) is 0 Å². The molecule has 100 valence electrons. The van der Waals surface area contributed by atoms with Crippen LogP contribution in [-0.2, 0) is 0 Å². The first kappa shape index (κ1) is 12.1. The van der Waals surface area contributed by atoms with Gasteiger partial charge < -0.3 is 10.3 Å².